The van der Waals surface area contributed by atoms with E-state index in [1.165, 1.54) is 0 Å². The Morgan fingerprint density at radius 1 is 1.10 bits per heavy atom. The van der Waals surface area contributed by atoms with E-state index in [0.717, 1.165) is 28.8 Å². The average molecular weight is 269 g/mol. The molecule has 2 nitrogen and oxygen atoms in total. The van der Waals surface area contributed by atoms with Gasteiger partial charge < -0.3 is 4.52 Å². The molecule has 0 aliphatic heterocycles. The first-order valence-electron chi connectivity index (χ1n) is 7.02. The summed E-state index contributed by atoms with van der Waals surface area (Å²) >= 11 is 0. The van der Waals surface area contributed by atoms with Crippen LogP contribution in [0, 0.1) is 0 Å². The van der Waals surface area contributed by atoms with Gasteiger partial charge in [0.1, 0.15) is 12.0 Å². The Morgan fingerprint density at radius 3 is 2.50 bits per heavy atom. The van der Waals surface area contributed by atoms with Gasteiger partial charge in [0, 0.05) is 11.1 Å². The standard InChI is InChI=1S/C18H23NO/c1-5-9-10-13-15(8-4)18-17(14-20-19-18)16(11-6-2)12-7-3/h5-6,8-14H,7H2,1-4H3/b9-5-,11-6-,13-10-,15-8+,16-12+. The maximum Gasteiger partial charge on any atom is 0.132 e. The molecule has 0 fully saturated rings. The Bertz CT molecular complexity index is 554. The molecule has 0 saturated carbocycles. The molecular formula is C18H23NO. The second-order valence-electron chi connectivity index (χ2n) is 4.27. The SMILES string of the molecule is C\C=C/C=C\C(=C/C)c1nocc1C(/C=C\C)=C/CC. The van der Waals surface area contributed by atoms with E-state index in [4.69, 9.17) is 4.52 Å². The van der Waals surface area contributed by atoms with E-state index < -0.39 is 0 Å². The van der Waals surface area contributed by atoms with Crippen LogP contribution in [-0.2, 0) is 0 Å². The Hall–Kier alpha value is -2.09. The Kier molecular flexibility index (Phi) is 7.12. The summed E-state index contributed by atoms with van der Waals surface area (Å²) < 4.78 is 5.19. The second-order valence-corrected chi connectivity index (χ2v) is 4.27. The first kappa shape index (κ1) is 16.0. The molecule has 0 aliphatic rings. The summed E-state index contributed by atoms with van der Waals surface area (Å²) in [7, 11) is 0. The monoisotopic (exact) mass is 269 g/mol. The van der Waals surface area contributed by atoms with Gasteiger partial charge in [-0.2, -0.15) is 0 Å². The van der Waals surface area contributed by atoms with Crippen molar-refractivity contribution in [1.82, 2.24) is 5.16 Å². The average Bonchev–Trinajstić information content (AvgIpc) is 2.92. The smallest absolute Gasteiger partial charge is 0.132 e. The molecule has 0 spiro atoms. The van der Waals surface area contributed by atoms with Crippen molar-refractivity contribution >= 4 is 11.1 Å². The van der Waals surface area contributed by atoms with E-state index in [9.17, 15) is 0 Å². The molecule has 0 saturated heterocycles. The van der Waals surface area contributed by atoms with E-state index in [1.807, 2.05) is 57.2 Å². The summed E-state index contributed by atoms with van der Waals surface area (Å²) in [5.74, 6) is 0. The predicted molar refractivity (Wildman–Crippen MR) is 87.2 cm³/mol. The van der Waals surface area contributed by atoms with Gasteiger partial charge in [-0.3, -0.25) is 0 Å². The van der Waals surface area contributed by atoms with Crippen LogP contribution in [0.2, 0.25) is 0 Å². The van der Waals surface area contributed by atoms with Crippen molar-refractivity contribution in [3.05, 3.63) is 66.1 Å². The molecule has 0 unspecified atom stereocenters. The van der Waals surface area contributed by atoms with Crippen molar-refractivity contribution < 1.29 is 4.52 Å². The third-order valence-corrected chi connectivity index (χ3v) is 2.81. The highest BCUT2D eigenvalue weighted by molar-refractivity contribution is 5.84. The van der Waals surface area contributed by atoms with Crippen molar-refractivity contribution in [2.24, 2.45) is 0 Å². The van der Waals surface area contributed by atoms with E-state index in [0.29, 0.717) is 0 Å². The van der Waals surface area contributed by atoms with Crippen LogP contribution in [0.25, 0.3) is 11.1 Å². The van der Waals surface area contributed by atoms with Crippen molar-refractivity contribution in [1.29, 1.82) is 0 Å². The predicted octanol–water partition coefficient (Wildman–Crippen LogP) is 5.58. The van der Waals surface area contributed by atoms with Crippen LogP contribution in [0.15, 0.2) is 59.4 Å². The minimum Gasteiger partial charge on any atom is -0.363 e. The van der Waals surface area contributed by atoms with Crippen LogP contribution in [0.4, 0.5) is 0 Å². The van der Waals surface area contributed by atoms with Crippen molar-refractivity contribution in [2.75, 3.05) is 0 Å². The molecule has 106 valence electrons. The lowest BCUT2D eigenvalue weighted by atomic mass is 10.00. The second kappa shape index (κ2) is 8.92. The maximum absolute atomic E-state index is 5.19. The van der Waals surface area contributed by atoms with Crippen molar-refractivity contribution in [3.63, 3.8) is 0 Å². The molecule has 0 bridgehead atoms. The van der Waals surface area contributed by atoms with Gasteiger partial charge in [0.2, 0.25) is 0 Å². The largest absolute Gasteiger partial charge is 0.363 e. The Balaban J connectivity index is 3.21. The van der Waals surface area contributed by atoms with E-state index >= 15 is 0 Å². The molecule has 20 heavy (non-hydrogen) atoms. The number of aromatic nitrogens is 1. The fraction of sp³-hybridized carbons (Fsp3) is 0.278. The molecule has 1 rings (SSSR count). The van der Waals surface area contributed by atoms with Gasteiger partial charge in [0.15, 0.2) is 0 Å². The molecule has 0 aromatic carbocycles. The van der Waals surface area contributed by atoms with Gasteiger partial charge in [-0.1, -0.05) is 60.7 Å². The summed E-state index contributed by atoms with van der Waals surface area (Å²) in [5.41, 5.74) is 4.11. The lowest BCUT2D eigenvalue weighted by molar-refractivity contribution is 0.417. The first-order valence-corrected chi connectivity index (χ1v) is 7.02. The zero-order valence-electron chi connectivity index (χ0n) is 12.8. The number of allylic oxidation sites excluding steroid dienone is 10. The third-order valence-electron chi connectivity index (χ3n) is 2.81. The van der Waals surface area contributed by atoms with Crippen LogP contribution >= 0.6 is 0 Å². The highest BCUT2D eigenvalue weighted by Crippen LogP contribution is 2.26. The van der Waals surface area contributed by atoms with E-state index in [1.54, 1.807) is 6.26 Å². The van der Waals surface area contributed by atoms with Gasteiger partial charge in [-0.05, 0) is 32.8 Å². The van der Waals surface area contributed by atoms with Crippen LogP contribution in [0.3, 0.4) is 0 Å². The highest BCUT2D eigenvalue weighted by atomic mass is 16.5. The van der Waals surface area contributed by atoms with Crippen LogP contribution in [0.1, 0.15) is 45.4 Å². The third kappa shape index (κ3) is 4.23. The summed E-state index contributed by atoms with van der Waals surface area (Å²) in [6.45, 7) is 8.14. The number of hydrogen-bond acceptors (Lipinski definition) is 2. The highest BCUT2D eigenvalue weighted by Gasteiger charge is 2.12. The van der Waals surface area contributed by atoms with Crippen LogP contribution < -0.4 is 0 Å². The molecule has 2 heteroatoms. The maximum atomic E-state index is 5.19. The summed E-state index contributed by atoms with van der Waals surface area (Å²) in [4.78, 5) is 0. The molecule has 0 N–H and O–H groups in total. The summed E-state index contributed by atoms with van der Waals surface area (Å²) in [6.07, 6.45) is 19.1. The quantitative estimate of drug-likeness (QED) is 0.630. The number of hydrogen-bond donors (Lipinski definition) is 0. The minimum atomic E-state index is 0.881. The summed E-state index contributed by atoms with van der Waals surface area (Å²) in [6, 6.07) is 0. The lowest BCUT2D eigenvalue weighted by Gasteiger charge is -2.03. The molecule has 0 radical (unpaired) electrons. The van der Waals surface area contributed by atoms with Gasteiger partial charge in [0.05, 0.1) is 0 Å². The Morgan fingerprint density at radius 2 is 1.90 bits per heavy atom. The van der Waals surface area contributed by atoms with E-state index in [2.05, 4.69) is 24.2 Å². The molecule has 0 aliphatic carbocycles. The molecule has 0 atom stereocenters. The molecule has 1 aromatic rings. The zero-order valence-corrected chi connectivity index (χ0v) is 12.8. The molecule has 0 amide bonds. The number of rotatable bonds is 6. The van der Waals surface area contributed by atoms with Crippen molar-refractivity contribution in [2.45, 2.75) is 34.1 Å². The fourth-order valence-corrected chi connectivity index (χ4v) is 1.90. The van der Waals surface area contributed by atoms with Gasteiger partial charge in [-0.25, -0.2) is 0 Å². The van der Waals surface area contributed by atoms with Gasteiger partial charge in [0.25, 0.3) is 0 Å². The number of nitrogens with zero attached hydrogens (tertiary/aromatic N) is 1. The molecule has 1 aromatic heterocycles. The Labute approximate surface area is 121 Å². The molecule has 1 heterocycles. The lowest BCUT2D eigenvalue weighted by Crippen LogP contribution is -1.88. The van der Waals surface area contributed by atoms with Crippen molar-refractivity contribution in [3.8, 4) is 0 Å². The first-order chi connectivity index (χ1) is 9.78. The molecular weight excluding hydrogens is 246 g/mol. The van der Waals surface area contributed by atoms with Crippen LogP contribution in [-0.4, -0.2) is 5.16 Å². The van der Waals surface area contributed by atoms with Crippen LogP contribution in [0.5, 0.6) is 0 Å². The van der Waals surface area contributed by atoms with Gasteiger partial charge >= 0.3 is 0 Å². The van der Waals surface area contributed by atoms with E-state index in [-0.39, 0.29) is 0 Å². The minimum absolute atomic E-state index is 0.881. The van der Waals surface area contributed by atoms with Gasteiger partial charge in [-0.15, -0.1) is 0 Å². The zero-order chi connectivity index (χ0) is 14.8. The topological polar surface area (TPSA) is 26.0 Å². The summed E-state index contributed by atoms with van der Waals surface area (Å²) in [5, 5.41) is 4.16. The normalized spacial score (nSPS) is 14.2. The fourth-order valence-electron chi connectivity index (χ4n) is 1.90.